The average molecular weight is 278 g/mol. The van der Waals surface area contributed by atoms with Crippen LogP contribution in [0.2, 0.25) is 0 Å². The van der Waals surface area contributed by atoms with Gasteiger partial charge in [-0.15, -0.1) is 0 Å². The number of phenolic OH excluding ortho intramolecular Hbond substituents is 1. The lowest BCUT2D eigenvalue weighted by atomic mass is 9.97. The Balaban J connectivity index is 2.24. The largest absolute Gasteiger partial charge is 0.508 e. The molecule has 2 rings (SSSR count). The number of hydrogen-bond acceptors (Lipinski definition) is 4. The second kappa shape index (κ2) is 7.50. The van der Waals surface area contributed by atoms with Gasteiger partial charge in [-0.1, -0.05) is 25.8 Å². The molecular formula is C16H26N2O2. The number of methoxy groups -OCH3 is 1. The topological polar surface area (TPSA) is 44.7 Å². The average Bonchev–Trinajstić information content (AvgIpc) is 2.49. The highest BCUT2D eigenvalue weighted by molar-refractivity contribution is 5.42. The van der Waals surface area contributed by atoms with Gasteiger partial charge in [-0.05, 0) is 12.5 Å². The number of aromatic hydroxyl groups is 1. The van der Waals surface area contributed by atoms with Crippen molar-refractivity contribution in [3.8, 4) is 11.5 Å². The Morgan fingerprint density at radius 2 is 2.10 bits per heavy atom. The standard InChI is InChI=1S/C16H26N2O2/c1-3-4-5-15(18-10-8-17-9-11-18)14-7-6-13(19)12-16(14)20-2/h6-7,12,15,17,19H,3-5,8-11H2,1-2H3/t15-/m0/s1. The van der Waals surface area contributed by atoms with Crippen LogP contribution in [-0.2, 0) is 0 Å². The van der Waals surface area contributed by atoms with Crippen molar-refractivity contribution < 1.29 is 9.84 Å². The number of nitrogens with one attached hydrogen (secondary N) is 1. The summed E-state index contributed by atoms with van der Waals surface area (Å²) in [7, 11) is 1.67. The molecule has 0 saturated carbocycles. The molecule has 1 aromatic rings. The third-order valence-electron chi connectivity index (χ3n) is 4.00. The molecule has 1 aromatic carbocycles. The maximum Gasteiger partial charge on any atom is 0.127 e. The van der Waals surface area contributed by atoms with Gasteiger partial charge in [0.05, 0.1) is 7.11 Å². The number of hydrogen-bond donors (Lipinski definition) is 2. The van der Waals surface area contributed by atoms with Crippen LogP contribution in [0.5, 0.6) is 11.5 Å². The smallest absolute Gasteiger partial charge is 0.127 e. The highest BCUT2D eigenvalue weighted by Crippen LogP contribution is 2.35. The molecular weight excluding hydrogens is 252 g/mol. The van der Waals surface area contributed by atoms with E-state index in [1.165, 1.54) is 18.4 Å². The minimum atomic E-state index is 0.264. The van der Waals surface area contributed by atoms with Gasteiger partial charge >= 0.3 is 0 Å². The Morgan fingerprint density at radius 1 is 1.35 bits per heavy atom. The summed E-state index contributed by atoms with van der Waals surface area (Å²) in [5, 5.41) is 13.0. The van der Waals surface area contributed by atoms with Gasteiger partial charge in [-0.2, -0.15) is 0 Å². The lowest BCUT2D eigenvalue weighted by Crippen LogP contribution is -2.45. The Labute approximate surface area is 121 Å². The van der Waals surface area contributed by atoms with Crippen molar-refractivity contribution in [2.45, 2.75) is 32.2 Å². The van der Waals surface area contributed by atoms with Crippen molar-refractivity contribution in [2.75, 3.05) is 33.3 Å². The first-order valence-electron chi connectivity index (χ1n) is 7.58. The molecule has 1 saturated heterocycles. The molecule has 0 aromatic heterocycles. The van der Waals surface area contributed by atoms with Gasteiger partial charge in [0.1, 0.15) is 11.5 Å². The molecule has 2 N–H and O–H groups in total. The zero-order valence-electron chi connectivity index (χ0n) is 12.6. The summed E-state index contributed by atoms with van der Waals surface area (Å²) in [5.74, 6) is 1.06. The molecule has 0 amide bonds. The molecule has 1 aliphatic heterocycles. The maximum absolute atomic E-state index is 9.63. The molecule has 4 nitrogen and oxygen atoms in total. The number of benzene rings is 1. The van der Waals surface area contributed by atoms with E-state index in [1.807, 2.05) is 6.07 Å². The van der Waals surface area contributed by atoms with Crippen molar-refractivity contribution in [1.29, 1.82) is 0 Å². The fraction of sp³-hybridized carbons (Fsp3) is 0.625. The van der Waals surface area contributed by atoms with E-state index < -0.39 is 0 Å². The van der Waals surface area contributed by atoms with Crippen molar-refractivity contribution in [2.24, 2.45) is 0 Å². The first-order chi connectivity index (χ1) is 9.76. The lowest BCUT2D eigenvalue weighted by molar-refractivity contribution is 0.160. The Kier molecular flexibility index (Phi) is 5.68. The van der Waals surface area contributed by atoms with Crippen LogP contribution in [0.25, 0.3) is 0 Å². The predicted octanol–water partition coefficient (Wildman–Crippen LogP) is 2.54. The van der Waals surface area contributed by atoms with Crippen molar-refractivity contribution in [1.82, 2.24) is 10.2 Å². The van der Waals surface area contributed by atoms with E-state index in [-0.39, 0.29) is 5.75 Å². The van der Waals surface area contributed by atoms with E-state index in [1.54, 1.807) is 19.2 Å². The van der Waals surface area contributed by atoms with Crippen LogP contribution in [0.1, 0.15) is 37.8 Å². The summed E-state index contributed by atoms with van der Waals surface area (Å²) >= 11 is 0. The summed E-state index contributed by atoms with van der Waals surface area (Å²) in [5.41, 5.74) is 1.20. The Bertz CT molecular complexity index is 417. The van der Waals surface area contributed by atoms with Crippen LogP contribution >= 0.6 is 0 Å². The number of rotatable bonds is 6. The second-order valence-corrected chi connectivity index (χ2v) is 5.37. The number of nitrogens with zero attached hydrogens (tertiary/aromatic N) is 1. The van der Waals surface area contributed by atoms with E-state index >= 15 is 0 Å². The van der Waals surface area contributed by atoms with Gasteiger partial charge in [0.2, 0.25) is 0 Å². The highest BCUT2D eigenvalue weighted by Gasteiger charge is 2.24. The first kappa shape index (κ1) is 15.1. The normalized spacial score (nSPS) is 17.9. The second-order valence-electron chi connectivity index (χ2n) is 5.37. The fourth-order valence-corrected chi connectivity index (χ4v) is 2.90. The van der Waals surface area contributed by atoms with Crippen molar-refractivity contribution >= 4 is 0 Å². The van der Waals surface area contributed by atoms with Crippen molar-refractivity contribution in [3.05, 3.63) is 23.8 Å². The molecule has 1 heterocycles. The third kappa shape index (κ3) is 3.64. The maximum atomic E-state index is 9.63. The van der Waals surface area contributed by atoms with E-state index in [0.717, 1.165) is 38.3 Å². The predicted molar refractivity (Wildman–Crippen MR) is 81.4 cm³/mol. The summed E-state index contributed by atoms with van der Waals surface area (Å²) < 4.78 is 5.48. The van der Waals surface area contributed by atoms with Crippen LogP contribution in [-0.4, -0.2) is 43.3 Å². The van der Waals surface area contributed by atoms with Crippen molar-refractivity contribution in [3.63, 3.8) is 0 Å². The molecule has 0 spiro atoms. The number of piperazine rings is 1. The van der Waals surface area contributed by atoms with Crippen LogP contribution in [0, 0.1) is 0 Å². The first-order valence-corrected chi connectivity index (χ1v) is 7.58. The molecule has 20 heavy (non-hydrogen) atoms. The van der Waals surface area contributed by atoms with E-state index in [0.29, 0.717) is 6.04 Å². The molecule has 112 valence electrons. The SMILES string of the molecule is CCCC[C@@H](c1ccc(O)cc1OC)N1CCNCC1. The third-order valence-corrected chi connectivity index (χ3v) is 4.00. The monoisotopic (exact) mass is 278 g/mol. The van der Waals surface area contributed by atoms with Gasteiger partial charge in [0, 0.05) is 43.9 Å². The van der Waals surface area contributed by atoms with E-state index in [2.05, 4.69) is 17.1 Å². The molecule has 0 radical (unpaired) electrons. The van der Waals surface area contributed by atoms with Crippen LogP contribution < -0.4 is 10.1 Å². The summed E-state index contributed by atoms with van der Waals surface area (Å²) in [6.07, 6.45) is 3.54. The van der Waals surface area contributed by atoms with Gasteiger partial charge in [-0.3, -0.25) is 4.90 Å². The van der Waals surface area contributed by atoms with Crippen LogP contribution in [0.15, 0.2) is 18.2 Å². The zero-order valence-corrected chi connectivity index (χ0v) is 12.6. The summed E-state index contributed by atoms with van der Waals surface area (Å²) in [6.45, 7) is 6.45. The van der Waals surface area contributed by atoms with E-state index in [4.69, 9.17) is 4.74 Å². The fourth-order valence-electron chi connectivity index (χ4n) is 2.90. The van der Waals surface area contributed by atoms with Gasteiger partial charge in [0.15, 0.2) is 0 Å². The summed E-state index contributed by atoms with van der Waals surface area (Å²) in [4.78, 5) is 2.53. The number of ether oxygens (including phenoxy) is 1. The molecule has 0 unspecified atom stereocenters. The minimum Gasteiger partial charge on any atom is -0.508 e. The van der Waals surface area contributed by atoms with Crippen LogP contribution in [0.4, 0.5) is 0 Å². The van der Waals surface area contributed by atoms with Gasteiger partial charge < -0.3 is 15.2 Å². The molecule has 4 heteroatoms. The highest BCUT2D eigenvalue weighted by atomic mass is 16.5. The lowest BCUT2D eigenvalue weighted by Gasteiger charge is -2.36. The minimum absolute atomic E-state index is 0.264. The van der Waals surface area contributed by atoms with Gasteiger partial charge in [0.25, 0.3) is 0 Å². The number of unbranched alkanes of at least 4 members (excludes halogenated alkanes) is 1. The quantitative estimate of drug-likeness (QED) is 0.839. The number of phenols is 1. The summed E-state index contributed by atoms with van der Waals surface area (Å²) in [6, 6.07) is 5.87. The molecule has 0 aliphatic carbocycles. The van der Waals surface area contributed by atoms with Gasteiger partial charge in [-0.25, -0.2) is 0 Å². The Morgan fingerprint density at radius 3 is 2.75 bits per heavy atom. The molecule has 1 fully saturated rings. The zero-order chi connectivity index (χ0) is 14.4. The van der Waals surface area contributed by atoms with Crippen LogP contribution in [0.3, 0.4) is 0 Å². The molecule has 1 aliphatic rings. The van der Waals surface area contributed by atoms with E-state index in [9.17, 15) is 5.11 Å². The molecule has 1 atom stereocenters. The Hall–Kier alpha value is -1.26. The molecule has 0 bridgehead atoms.